The minimum atomic E-state index is -0.433. The van der Waals surface area contributed by atoms with E-state index in [2.05, 4.69) is 25.3 Å². The summed E-state index contributed by atoms with van der Waals surface area (Å²) in [4.78, 5) is 29.7. The lowest BCUT2D eigenvalue weighted by atomic mass is 10.1. The first-order chi connectivity index (χ1) is 14.5. The van der Waals surface area contributed by atoms with E-state index >= 15 is 0 Å². The van der Waals surface area contributed by atoms with Gasteiger partial charge in [0.25, 0.3) is 0 Å². The smallest absolute Gasteiger partial charge is 0.228 e. The summed E-state index contributed by atoms with van der Waals surface area (Å²) in [6.07, 6.45) is 5.88. The Balaban J connectivity index is 1.52. The van der Waals surface area contributed by atoms with Gasteiger partial charge in [-0.1, -0.05) is 0 Å². The number of rotatable bonds is 4. The van der Waals surface area contributed by atoms with E-state index in [0.29, 0.717) is 41.5 Å². The molecular weight excluding hydrogens is 389 g/mol. The van der Waals surface area contributed by atoms with Crippen molar-refractivity contribution in [1.82, 2.24) is 29.2 Å². The number of likely N-dealkylation sites (N-methyl/N-ethyl adjacent to an activating group) is 1. The lowest BCUT2D eigenvalue weighted by Crippen LogP contribution is -2.43. The molecule has 1 amide bonds. The van der Waals surface area contributed by atoms with Gasteiger partial charge in [0.1, 0.15) is 11.3 Å². The van der Waals surface area contributed by atoms with Gasteiger partial charge in [0.2, 0.25) is 23.7 Å². The van der Waals surface area contributed by atoms with Crippen LogP contribution in [0.1, 0.15) is 12.8 Å². The first kappa shape index (κ1) is 18.3. The number of pyridine rings is 1. The standard InChI is InChI=1S/C20H20FN7O2/c1-27-10-12(4-6-16(27)29)24-20-25-18-17(19(26-20)30-2)13(7-23-18)11-3-5-15-22-8-14(21)28(15)9-11/h3,5,7-9,12H,4,6,10H2,1-2H3,(H2,23,24,25,26)/t12-/m1/s1. The summed E-state index contributed by atoms with van der Waals surface area (Å²) in [7, 11) is 3.34. The Morgan fingerprint density at radius 2 is 2.20 bits per heavy atom. The molecule has 5 rings (SSSR count). The number of hydrogen-bond acceptors (Lipinski definition) is 6. The Morgan fingerprint density at radius 1 is 1.33 bits per heavy atom. The van der Waals surface area contributed by atoms with Crippen molar-refractivity contribution in [3.05, 3.63) is 36.7 Å². The van der Waals surface area contributed by atoms with Crippen LogP contribution in [-0.2, 0) is 4.79 Å². The van der Waals surface area contributed by atoms with E-state index in [1.54, 1.807) is 37.5 Å². The van der Waals surface area contributed by atoms with Crippen LogP contribution in [0.15, 0.2) is 30.7 Å². The summed E-state index contributed by atoms with van der Waals surface area (Å²) in [5, 5.41) is 4.01. The summed E-state index contributed by atoms with van der Waals surface area (Å²) in [5.74, 6) is 0.543. The predicted octanol–water partition coefficient (Wildman–Crippen LogP) is 2.45. The molecule has 4 aromatic rings. The topological polar surface area (TPSA) is 100 Å². The second kappa shape index (κ2) is 6.97. The van der Waals surface area contributed by atoms with E-state index in [1.807, 2.05) is 6.07 Å². The maximum Gasteiger partial charge on any atom is 0.228 e. The van der Waals surface area contributed by atoms with Crippen molar-refractivity contribution in [3.63, 3.8) is 0 Å². The van der Waals surface area contributed by atoms with E-state index in [9.17, 15) is 9.18 Å². The van der Waals surface area contributed by atoms with Gasteiger partial charge in [0.15, 0.2) is 0 Å². The number of anilines is 1. The van der Waals surface area contributed by atoms with Gasteiger partial charge in [-0.3, -0.25) is 9.20 Å². The van der Waals surface area contributed by atoms with Gasteiger partial charge >= 0.3 is 0 Å². The van der Waals surface area contributed by atoms with Crippen LogP contribution >= 0.6 is 0 Å². The van der Waals surface area contributed by atoms with Gasteiger partial charge in [0, 0.05) is 49.6 Å². The van der Waals surface area contributed by atoms with Crippen LogP contribution in [0.5, 0.6) is 5.88 Å². The van der Waals surface area contributed by atoms with E-state index in [0.717, 1.165) is 17.5 Å². The molecule has 1 fully saturated rings. The van der Waals surface area contributed by atoms with Crippen LogP contribution in [0.25, 0.3) is 27.8 Å². The molecule has 0 saturated carbocycles. The molecule has 4 aromatic heterocycles. The molecule has 9 nitrogen and oxygen atoms in total. The number of H-pyrrole nitrogens is 1. The number of hydrogen-bond donors (Lipinski definition) is 2. The van der Waals surface area contributed by atoms with Crippen molar-refractivity contribution < 1.29 is 13.9 Å². The SMILES string of the molecule is COc1nc(N[C@@H]2CCC(=O)N(C)C2)nc2[nH]cc(-c3ccc4ncc(F)n4c3)c12. The van der Waals surface area contributed by atoms with Crippen molar-refractivity contribution in [1.29, 1.82) is 0 Å². The van der Waals surface area contributed by atoms with Crippen molar-refractivity contribution in [2.24, 2.45) is 0 Å². The third-order valence-electron chi connectivity index (χ3n) is 5.42. The van der Waals surface area contributed by atoms with Crippen LogP contribution in [0.4, 0.5) is 10.3 Å². The molecule has 0 spiro atoms. The highest BCUT2D eigenvalue weighted by atomic mass is 19.1. The van der Waals surface area contributed by atoms with E-state index in [1.165, 1.54) is 10.6 Å². The van der Waals surface area contributed by atoms with E-state index < -0.39 is 5.95 Å². The molecule has 1 atom stereocenters. The average molecular weight is 409 g/mol. The molecule has 0 aliphatic carbocycles. The molecule has 154 valence electrons. The summed E-state index contributed by atoms with van der Waals surface area (Å²) >= 11 is 0. The van der Waals surface area contributed by atoms with Crippen LogP contribution < -0.4 is 10.1 Å². The summed E-state index contributed by atoms with van der Waals surface area (Å²) in [6, 6.07) is 3.68. The number of methoxy groups -OCH3 is 1. The molecule has 0 bridgehead atoms. The number of carbonyl (C=O) groups excluding carboxylic acids is 1. The number of likely N-dealkylation sites (tertiary alicyclic amines) is 1. The molecule has 10 heteroatoms. The normalized spacial score (nSPS) is 17.1. The number of piperidine rings is 1. The minimum Gasteiger partial charge on any atom is -0.480 e. The molecule has 2 N–H and O–H groups in total. The number of nitrogens with zero attached hydrogens (tertiary/aromatic N) is 5. The number of carbonyl (C=O) groups is 1. The third kappa shape index (κ3) is 3.00. The number of nitrogens with one attached hydrogen (secondary N) is 2. The summed E-state index contributed by atoms with van der Waals surface area (Å²) < 4.78 is 20.9. The molecule has 30 heavy (non-hydrogen) atoms. The molecular formula is C20H20FN7O2. The zero-order valence-electron chi connectivity index (χ0n) is 16.5. The maximum atomic E-state index is 14.0. The largest absolute Gasteiger partial charge is 0.480 e. The molecule has 1 saturated heterocycles. The Labute approximate surface area is 170 Å². The predicted molar refractivity (Wildman–Crippen MR) is 109 cm³/mol. The molecule has 1 aliphatic rings. The first-order valence-corrected chi connectivity index (χ1v) is 9.60. The highest BCUT2D eigenvalue weighted by Crippen LogP contribution is 2.34. The van der Waals surface area contributed by atoms with Gasteiger partial charge in [0.05, 0.1) is 18.7 Å². The monoisotopic (exact) mass is 409 g/mol. The molecule has 0 unspecified atom stereocenters. The second-order valence-corrected chi connectivity index (χ2v) is 7.36. The van der Waals surface area contributed by atoms with Crippen molar-refractivity contribution >= 4 is 28.5 Å². The minimum absolute atomic E-state index is 0.0657. The summed E-state index contributed by atoms with van der Waals surface area (Å²) in [5.41, 5.74) is 2.71. The fraction of sp³-hybridized carbons (Fsp3) is 0.300. The Bertz CT molecular complexity index is 1260. The number of amides is 1. The van der Waals surface area contributed by atoms with Crippen LogP contribution in [0.3, 0.4) is 0 Å². The van der Waals surface area contributed by atoms with Gasteiger partial charge < -0.3 is 19.9 Å². The number of ether oxygens (including phenoxy) is 1. The Kier molecular flexibility index (Phi) is 4.27. The highest BCUT2D eigenvalue weighted by molar-refractivity contribution is 5.97. The fourth-order valence-corrected chi connectivity index (χ4v) is 3.86. The zero-order chi connectivity index (χ0) is 20.8. The lowest BCUT2D eigenvalue weighted by Gasteiger charge is -2.30. The Morgan fingerprint density at radius 3 is 3.00 bits per heavy atom. The lowest BCUT2D eigenvalue weighted by molar-refractivity contribution is -0.132. The number of fused-ring (bicyclic) bond motifs is 2. The zero-order valence-corrected chi connectivity index (χ0v) is 16.5. The summed E-state index contributed by atoms with van der Waals surface area (Å²) in [6.45, 7) is 0.592. The van der Waals surface area contributed by atoms with Crippen molar-refractivity contribution in [2.75, 3.05) is 26.0 Å². The average Bonchev–Trinajstić information content (AvgIpc) is 3.34. The van der Waals surface area contributed by atoms with E-state index in [4.69, 9.17) is 4.74 Å². The number of halogens is 1. The number of aromatic amines is 1. The first-order valence-electron chi connectivity index (χ1n) is 9.60. The number of imidazole rings is 1. The highest BCUT2D eigenvalue weighted by Gasteiger charge is 2.24. The van der Waals surface area contributed by atoms with Crippen LogP contribution in [0, 0.1) is 5.95 Å². The molecule has 0 aromatic carbocycles. The molecule has 1 aliphatic heterocycles. The van der Waals surface area contributed by atoms with Crippen LogP contribution in [0.2, 0.25) is 0 Å². The van der Waals surface area contributed by atoms with Crippen molar-refractivity contribution in [2.45, 2.75) is 18.9 Å². The Hall–Kier alpha value is -3.69. The van der Waals surface area contributed by atoms with Crippen molar-refractivity contribution in [3.8, 4) is 17.0 Å². The van der Waals surface area contributed by atoms with Gasteiger partial charge in [-0.2, -0.15) is 14.4 Å². The molecule has 5 heterocycles. The maximum absolute atomic E-state index is 14.0. The third-order valence-corrected chi connectivity index (χ3v) is 5.42. The quantitative estimate of drug-likeness (QED) is 0.537. The van der Waals surface area contributed by atoms with Gasteiger partial charge in [-0.25, -0.2) is 4.98 Å². The van der Waals surface area contributed by atoms with Gasteiger partial charge in [-0.05, 0) is 18.6 Å². The van der Waals surface area contributed by atoms with Gasteiger partial charge in [-0.15, -0.1) is 0 Å². The van der Waals surface area contributed by atoms with E-state index in [-0.39, 0.29) is 11.9 Å². The van der Waals surface area contributed by atoms with Crippen LogP contribution in [-0.4, -0.2) is 61.9 Å². The second-order valence-electron chi connectivity index (χ2n) is 7.36. The number of aromatic nitrogens is 5. The fourth-order valence-electron chi connectivity index (χ4n) is 3.86. The molecule has 0 radical (unpaired) electrons.